The molecule has 8 heteroatoms. The van der Waals surface area contributed by atoms with Gasteiger partial charge in [0.05, 0.1) is 0 Å². The SMILES string of the molecule is Clc1ncc(Br)c(C2=[CH][In][CH]=C2)n1.O=[S-](=O)c1ccccc1. The van der Waals surface area contributed by atoms with Crippen molar-refractivity contribution in [1.29, 1.82) is 0 Å². The standard InChI is InChI=1S/C8H4BrClN2.C6H5O2S.In/c1-3-5(2)7-6(9)4-11-8(10)12-7;7-9(8)6-4-2-1-3-5-6;/h1-4H;1-5H;/q;-1;. The topological polar surface area (TPSA) is 59.9 Å². The Labute approximate surface area is 154 Å². The van der Waals surface area contributed by atoms with E-state index in [1.54, 1.807) is 36.5 Å². The van der Waals surface area contributed by atoms with E-state index in [4.69, 9.17) is 11.6 Å². The van der Waals surface area contributed by atoms with Crippen molar-refractivity contribution in [2.75, 3.05) is 0 Å². The molecule has 111 valence electrons. The van der Waals surface area contributed by atoms with E-state index in [-0.39, 0.29) is 0 Å². The van der Waals surface area contributed by atoms with E-state index in [9.17, 15) is 8.42 Å². The molecule has 1 aliphatic heterocycles. The third-order valence-electron chi connectivity index (χ3n) is 2.59. The summed E-state index contributed by atoms with van der Waals surface area (Å²) < 4.78 is 25.9. The van der Waals surface area contributed by atoms with Crippen molar-refractivity contribution in [3.63, 3.8) is 0 Å². The Kier molecular flexibility index (Phi) is 7.14. The molecule has 0 spiro atoms. The maximum atomic E-state index is 10.2. The predicted octanol–water partition coefficient (Wildman–Crippen LogP) is 3.82. The molecule has 0 N–H and O–H groups in total. The number of hydrogen-bond donors (Lipinski definition) is 0. The summed E-state index contributed by atoms with van der Waals surface area (Å²) in [6, 6.07) is 8.23. The van der Waals surface area contributed by atoms with Crippen LogP contribution >= 0.6 is 27.5 Å². The van der Waals surface area contributed by atoms with Crippen molar-refractivity contribution in [2.24, 2.45) is 0 Å². The minimum Gasteiger partial charge on any atom is -0.420 e. The minimum atomic E-state index is -2.08. The number of halogens is 2. The molecule has 0 atom stereocenters. The summed E-state index contributed by atoms with van der Waals surface area (Å²) in [7, 11) is -2.08. The molecule has 2 aromatic rings. The third kappa shape index (κ3) is 5.22. The Hall–Kier alpha value is -0.630. The van der Waals surface area contributed by atoms with Crippen molar-refractivity contribution >= 4 is 66.7 Å². The van der Waals surface area contributed by atoms with Crippen molar-refractivity contribution in [3.8, 4) is 0 Å². The molecule has 2 heterocycles. The van der Waals surface area contributed by atoms with Crippen molar-refractivity contribution in [2.45, 2.75) is 4.90 Å². The summed E-state index contributed by atoms with van der Waals surface area (Å²) in [6.07, 6.45) is 3.80. The molecule has 4 nitrogen and oxygen atoms in total. The maximum Gasteiger partial charge on any atom is -0.0469 e. The van der Waals surface area contributed by atoms with Gasteiger partial charge in [0.1, 0.15) is 0 Å². The number of allylic oxidation sites excluding steroid dienone is 2. The average molecular weight is 499 g/mol. The zero-order chi connectivity index (χ0) is 15.9. The van der Waals surface area contributed by atoms with Gasteiger partial charge in [0.25, 0.3) is 0 Å². The minimum absolute atomic E-state index is 0.298. The summed E-state index contributed by atoms with van der Waals surface area (Å²) in [5.41, 5.74) is 2.08. The van der Waals surface area contributed by atoms with E-state index >= 15 is 0 Å². The Balaban J connectivity index is 0.000000172. The fourth-order valence-corrected chi connectivity index (χ4v) is 5.13. The van der Waals surface area contributed by atoms with Crippen LogP contribution in [0.2, 0.25) is 5.28 Å². The molecule has 0 amide bonds. The fraction of sp³-hybridized carbons (Fsp3) is 0. The van der Waals surface area contributed by atoms with Crippen LogP contribution in [0.1, 0.15) is 5.69 Å². The van der Waals surface area contributed by atoms with E-state index < -0.39 is 33.6 Å². The second-order valence-corrected chi connectivity index (χ2v) is 9.34. The van der Waals surface area contributed by atoms with Crippen molar-refractivity contribution < 1.29 is 8.42 Å². The van der Waals surface area contributed by atoms with Crippen LogP contribution in [0.15, 0.2) is 59.6 Å². The zero-order valence-corrected chi connectivity index (χ0v) is 17.6. The Morgan fingerprint density at radius 2 is 1.91 bits per heavy atom. The van der Waals surface area contributed by atoms with Crippen LogP contribution in [0.3, 0.4) is 0 Å². The van der Waals surface area contributed by atoms with Crippen LogP contribution in [0.5, 0.6) is 0 Å². The molecule has 3 rings (SSSR count). The Morgan fingerprint density at radius 1 is 1.18 bits per heavy atom. The molecule has 0 bridgehead atoms. The van der Waals surface area contributed by atoms with Gasteiger partial charge in [-0.25, -0.2) is 0 Å². The maximum absolute atomic E-state index is 10.2. The van der Waals surface area contributed by atoms with E-state index in [2.05, 4.69) is 39.6 Å². The molecule has 0 saturated heterocycles. The van der Waals surface area contributed by atoms with Crippen LogP contribution in [0.4, 0.5) is 0 Å². The molecule has 1 aliphatic rings. The van der Waals surface area contributed by atoms with Crippen LogP contribution in [-0.2, 0) is 19.1 Å². The molecule has 22 heavy (non-hydrogen) atoms. The molecule has 1 aromatic carbocycles. The van der Waals surface area contributed by atoms with Crippen LogP contribution in [0.25, 0.3) is 5.57 Å². The van der Waals surface area contributed by atoms with E-state index in [0.717, 1.165) is 10.2 Å². The van der Waals surface area contributed by atoms with Gasteiger partial charge in [-0.2, -0.15) is 0 Å². The fourth-order valence-electron chi connectivity index (χ4n) is 1.61. The summed E-state index contributed by atoms with van der Waals surface area (Å²) in [5.74, 6) is 0. The first-order valence-electron chi connectivity index (χ1n) is 6.12. The van der Waals surface area contributed by atoms with E-state index in [1.807, 2.05) is 0 Å². The second-order valence-electron chi connectivity index (χ2n) is 4.06. The van der Waals surface area contributed by atoms with Gasteiger partial charge in [-0.05, 0) is 10.7 Å². The summed E-state index contributed by atoms with van der Waals surface area (Å²) in [5, 5.41) is 0.298. The van der Waals surface area contributed by atoms with Gasteiger partial charge in [0, 0.05) is 0 Å². The molecule has 1 aromatic heterocycles. The van der Waals surface area contributed by atoms with E-state index in [0.29, 0.717) is 10.2 Å². The largest absolute Gasteiger partial charge is 0.420 e. The van der Waals surface area contributed by atoms with Crippen molar-refractivity contribution in [3.05, 3.63) is 65.7 Å². The Bertz CT molecular complexity index is 787. The van der Waals surface area contributed by atoms with Gasteiger partial charge in [-0.15, -0.1) is 0 Å². The van der Waals surface area contributed by atoms with Gasteiger partial charge in [-0.1, -0.05) is 35.2 Å². The number of hydrogen-bond acceptors (Lipinski definition) is 5. The van der Waals surface area contributed by atoms with Gasteiger partial charge in [0.15, 0.2) is 0 Å². The monoisotopic (exact) mass is 498 g/mol. The number of nitrogens with zero attached hydrogens (tertiary/aromatic N) is 2. The Morgan fingerprint density at radius 3 is 2.45 bits per heavy atom. The van der Waals surface area contributed by atoms with Crippen LogP contribution < -0.4 is 0 Å². The van der Waals surface area contributed by atoms with Crippen LogP contribution in [0, 0.1) is 0 Å². The van der Waals surface area contributed by atoms with Gasteiger partial charge in [-0.3, -0.25) is 0 Å². The molecule has 0 aliphatic carbocycles. The average Bonchev–Trinajstić information content (AvgIpc) is 3.05. The van der Waals surface area contributed by atoms with Gasteiger partial charge in [0.2, 0.25) is 0 Å². The molecule has 0 saturated carbocycles. The predicted molar refractivity (Wildman–Crippen MR) is 91.1 cm³/mol. The van der Waals surface area contributed by atoms with Gasteiger partial charge < -0.3 is 8.42 Å². The zero-order valence-electron chi connectivity index (χ0n) is 11.1. The summed E-state index contributed by atoms with van der Waals surface area (Å²) in [6.45, 7) is 0. The molecular weight excluding hydrogens is 490 g/mol. The normalized spacial score (nSPS) is 12.4. The first-order chi connectivity index (χ1) is 10.6. The third-order valence-corrected chi connectivity index (χ3v) is 6.76. The molecule has 0 fully saturated rings. The van der Waals surface area contributed by atoms with Crippen LogP contribution in [-0.4, -0.2) is 32.9 Å². The van der Waals surface area contributed by atoms with E-state index in [1.165, 1.54) is 5.57 Å². The smallest absolute Gasteiger partial charge is 0.0469 e. The summed E-state index contributed by atoms with van der Waals surface area (Å²) in [4.78, 5) is 8.39. The second kappa shape index (κ2) is 8.86. The van der Waals surface area contributed by atoms with Gasteiger partial charge >= 0.3 is 101 Å². The number of aromatic nitrogens is 2. The molecular formula is C14H9BrClInN2O2S-. The first-order valence-corrected chi connectivity index (χ1v) is 12.2. The molecule has 0 unspecified atom stereocenters. The van der Waals surface area contributed by atoms with Crippen molar-refractivity contribution in [1.82, 2.24) is 9.97 Å². The quantitative estimate of drug-likeness (QED) is 0.466. The number of rotatable bonds is 2. The summed E-state index contributed by atoms with van der Waals surface area (Å²) >= 11 is 8.57. The number of benzene rings is 1. The molecule has 1 radical (unpaired) electrons. The first kappa shape index (κ1) is 17.7.